The highest BCUT2D eigenvalue weighted by Gasteiger charge is 2.23. The van der Waals surface area contributed by atoms with Crippen LogP contribution in [0, 0.1) is 11.8 Å². The van der Waals surface area contributed by atoms with Gasteiger partial charge in [0.2, 0.25) is 11.8 Å². The predicted octanol–water partition coefficient (Wildman–Crippen LogP) is -0.560. The summed E-state index contributed by atoms with van der Waals surface area (Å²) in [6.45, 7) is 2.82. The largest absolute Gasteiger partial charge is 0.481 e. The summed E-state index contributed by atoms with van der Waals surface area (Å²) in [6, 6.07) is 0. The summed E-state index contributed by atoms with van der Waals surface area (Å²) in [5.74, 6) is -3.99. The first-order valence-corrected chi connectivity index (χ1v) is 6.20. The molecule has 0 aliphatic rings. The SMILES string of the molecule is CC(C)CC(CC(=O)O)C(=O)NCC(=O)NCC(=O)O. The van der Waals surface area contributed by atoms with Crippen LogP contribution >= 0.6 is 0 Å². The lowest BCUT2D eigenvalue weighted by molar-refractivity contribution is -0.141. The molecule has 114 valence electrons. The van der Waals surface area contributed by atoms with Gasteiger partial charge in [-0.15, -0.1) is 0 Å². The van der Waals surface area contributed by atoms with Crippen LogP contribution in [0.4, 0.5) is 0 Å². The van der Waals surface area contributed by atoms with Crippen molar-refractivity contribution in [1.82, 2.24) is 10.6 Å². The summed E-state index contributed by atoms with van der Waals surface area (Å²) < 4.78 is 0. The van der Waals surface area contributed by atoms with Gasteiger partial charge in [0.25, 0.3) is 0 Å². The van der Waals surface area contributed by atoms with Gasteiger partial charge in [-0.3, -0.25) is 19.2 Å². The van der Waals surface area contributed by atoms with Crippen molar-refractivity contribution in [2.45, 2.75) is 26.7 Å². The fraction of sp³-hybridized carbons (Fsp3) is 0.667. The average molecular weight is 288 g/mol. The molecule has 0 spiro atoms. The van der Waals surface area contributed by atoms with Crippen molar-refractivity contribution >= 4 is 23.8 Å². The highest BCUT2D eigenvalue weighted by molar-refractivity contribution is 5.88. The predicted molar refractivity (Wildman–Crippen MR) is 68.9 cm³/mol. The molecule has 0 saturated carbocycles. The average Bonchev–Trinajstić information content (AvgIpc) is 2.31. The lowest BCUT2D eigenvalue weighted by Crippen LogP contribution is -2.41. The molecular weight excluding hydrogens is 268 g/mol. The number of hydrogen-bond acceptors (Lipinski definition) is 4. The van der Waals surface area contributed by atoms with Crippen LogP contribution in [-0.2, 0) is 19.2 Å². The fourth-order valence-corrected chi connectivity index (χ4v) is 1.61. The third-order valence-electron chi connectivity index (χ3n) is 2.41. The Bertz CT molecular complexity index is 380. The first-order valence-electron chi connectivity index (χ1n) is 6.20. The summed E-state index contributed by atoms with van der Waals surface area (Å²) in [6.07, 6.45) is 0.0929. The van der Waals surface area contributed by atoms with Crippen molar-refractivity contribution in [3.05, 3.63) is 0 Å². The molecule has 0 aromatic rings. The van der Waals surface area contributed by atoms with E-state index in [2.05, 4.69) is 10.6 Å². The lowest BCUT2D eigenvalue weighted by atomic mass is 9.93. The fourth-order valence-electron chi connectivity index (χ4n) is 1.61. The smallest absolute Gasteiger partial charge is 0.322 e. The Kier molecular flexibility index (Phi) is 7.95. The second kappa shape index (κ2) is 8.89. The number of carbonyl (C=O) groups is 4. The quantitative estimate of drug-likeness (QED) is 0.449. The molecule has 4 N–H and O–H groups in total. The standard InChI is InChI=1S/C12H20N2O6/c1-7(2)3-8(4-10(16)17)12(20)14-5-9(15)13-6-11(18)19/h7-8H,3-6H2,1-2H3,(H,13,15)(H,14,20)(H,16,17)(H,18,19). The summed E-state index contributed by atoms with van der Waals surface area (Å²) >= 11 is 0. The van der Waals surface area contributed by atoms with Gasteiger partial charge in [-0.1, -0.05) is 13.8 Å². The molecule has 8 nitrogen and oxygen atoms in total. The lowest BCUT2D eigenvalue weighted by Gasteiger charge is -2.16. The van der Waals surface area contributed by atoms with E-state index in [1.165, 1.54) is 0 Å². The van der Waals surface area contributed by atoms with Crippen LogP contribution in [0.5, 0.6) is 0 Å². The molecule has 0 radical (unpaired) electrons. The van der Waals surface area contributed by atoms with Crippen LogP contribution in [0.1, 0.15) is 26.7 Å². The minimum atomic E-state index is -1.19. The van der Waals surface area contributed by atoms with Crippen molar-refractivity contribution in [2.75, 3.05) is 13.1 Å². The Balaban J connectivity index is 4.27. The highest BCUT2D eigenvalue weighted by Crippen LogP contribution is 2.15. The van der Waals surface area contributed by atoms with Crippen LogP contribution in [0.2, 0.25) is 0 Å². The van der Waals surface area contributed by atoms with E-state index in [0.717, 1.165) is 0 Å². The summed E-state index contributed by atoms with van der Waals surface area (Å²) in [4.78, 5) is 43.9. The Labute approximate surface area is 116 Å². The Morgan fingerprint density at radius 1 is 0.950 bits per heavy atom. The monoisotopic (exact) mass is 288 g/mol. The van der Waals surface area contributed by atoms with E-state index >= 15 is 0 Å². The van der Waals surface area contributed by atoms with Gasteiger partial charge in [-0.05, 0) is 12.3 Å². The molecular formula is C12H20N2O6. The van der Waals surface area contributed by atoms with E-state index in [-0.39, 0.29) is 18.9 Å². The third kappa shape index (κ3) is 8.90. The van der Waals surface area contributed by atoms with Crippen LogP contribution in [0.25, 0.3) is 0 Å². The number of amides is 2. The third-order valence-corrected chi connectivity index (χ3v) is 2.41. The van der Waals surface area contributed by atoms with Gasteiger partial charge >= 0.3 is 11.9 Å². The summed E-state index contributed by atoms with van der Waals surface area (Å²) in [7, 11) is 0. The summed E-state index contributed by atoms with van der Waals surface area (Å²) in [5.41, 5.74) is 0. The maximum Gasteiger partial charge on any atom is 0.322 e. The Morgan fingerprint density at radius 3 is 2.00 bits per heavy atom. The van der Waals surface area contributed by atoms with E-state index in [1.54, 1.807) is 0 Å². The number of carboxylic acids is 2. The van der Waals surface area contributed by atoms with Gasteiger partial charge in [0, 0.05) is 5.92 Å². The van der Waals surface area contributed by atoms with Gasteiger partial charge in [0.1, 0.15) is 6.54 Å². The van der Waals surface area contributed by atoms with E-state index < -0.39 is 36.2 Å². The van der Waals surface area contributed by atoms with E-state index in [9.17, 15) is 19.2 Å². The van der Waals surface area contributed by atoms with Gasteiger partial charge in [-0.25, -0.2) is 0 Å². The normalized spacial score (nSPS) is 11.8. The van der Waals surface area contributed by atoms with E-state index in [1.807, 2.05) is 13.8 Å². The van der Waals surface area contributed by atoms with Gasteiger partial charge in [0.15, 0.2) is 0 Å². The topological polar surface area (TPSA) is 133 Å². The van der Waals surface area contributed by atoms with Crippen molar-refractivity contribution < 1.29 is 29.4 Å². The second-order valence-electron chi connectivity index (χ2n) is 4.81. The van der Waals surface area contributed by atoms with Crippen molar-refractivity contribution in [3.63, 3.8) is 0 Å². The van der Waals surface area contributed by atoms with Gasteiger partial charge in [0.05, 0.1) is 13.0 Å². The number of hydrogen-bond donors (Lipinski definition) is 4. The number of aliphatic carboxylic acids is 2. The van der Waals surface area contributed by atoms with Crippen molar-refractivity contribution in [2.24, 2.45) is 11.8 Å². The molecule has 0 bridgehead atoms. The van der Waals surface area contributed by atoms with Gasteiger partial charge < -0.3 is 20.8 Å². The first-order chi connectivity index (χ1) is 9.22. The van der Waals surface area contributed by atoms with Crippen LogP contribution in [0.15, 0.2) is 0 Å². The minimum Gasteiger partial charge on any atom is -0.481 e. The molecule has 0 rings (SSSR count). The number of carboxylic acid groups (broad SMARTS) is 2. The Morgan fingerprint density at radius 2 is 1.55 bits per heavy atom. The second-order valence-corrected chi connectivity index (χ2v) is 4.81. The minimum absolute atomic E-state index is 0.144. The molecule has 8 heteroatoms. The number of nitrogens with one attached hydrogen (secondary N) is 2. The molecule has 0 aliphatic carbocycles. The van der Waals surface area contributed by atoms with E-state index in [4.69, 9.17) is 10.2 Å². The van der Waals surface area contributed by atoms with E-state index in [0.29, 0.717) is 6.42 Å². The first kappa shape index (κ1) is 17.9. The van der Waals surface area contributed by atoms with Crippen molar-refractivity contribution in [3.8, 4) is 0 Å². The van der Waals surface area contributed by atoms with Crippen molar-refractivity contribution in [1.29, 1.82) is 0 Å². The zero-order valence-electron chi connectivity index (χ0n) is 11.5. The van der Waals surface area contributed by atoms with Crippen LogP contribution in [0.3, 0.4) is 0 Å². The number of rotatable bonds is 9. The molecule has 0 aromatic heterocycles. The van der Waals surface area contributed by atoms with Gasteiger partial charge in [-0.2, -0.15) is 0 Å². The zero-order chi connectivity index (χ0) is 15.7. The zero-order valence-corrected chi connectivity index (χ0v) is 11.5. The summed E-state index contributed by atoms with van der Waals surface area (Å²) in [5, 5.41) is 21.5. The molecule has 1 atom stereocenters. The molecule has 2 amide bonds. The molecule has 0 saturated heterocycles. The molecule has 20 heavy (non-hydrogen) atoms. The van der Waals surface area contributed by atoms with Crippen LogP contribution < -0.4 is 10.6 Å². The molecule has 0 heterocycles. The molecule has 0 aromatic carbocycles. The Hall–Kier alpha value is -2.12. The maximum absolute atomic E-state index is 11.8. The highest BCUT2D eigenvalue weighted by atomic mass is 16.4. The van der Waals surface area contributed by atoms with Crippen LogP contribution in [-0.4, -0.2) is 47.1 Å². The molecule has 0 aliphatic heterocycles. The maximum atomic E-state index is 11.8. The number of carbonyl (C=O) groups excluding carboxylic acids is 2. The molecule has 1 unspecified atom stereocenters. The molecule has 0 fully saturated rings.